The Kier molecular flexibility index (Phi) is 5.23. The Morgan fingerprint density at radius 1 is 1.22 bits per heavy atom. The molecule has 0 saturated heterocycles. The van der Waals surface area contributed by atoms with Gasteiger partial charge in [-0.25, -0.2) is 4.98 Å². The van der Waals surface area contributed by atoms with E-state index in [1.54, 1.807) is 0 Å². The SMILES string of the molecule is Cc1nc(CNC(=O)Cc2c(C)nn(CC(C)C)c2C)oc1C. The van der Waals surface area contributed by atoms with Gasteiger partial charge in [-0.15, -0.1) is 0 Å². The van der Waals surface area contributed by atoms with E-state index >= 15 is 0 Å². The first-order valence-corrected chi connectivity index (χ1v) is 8.00. The highest BCUT2D eigenvalue weighted by Gasteiger charge is 2.16. The minimum Gasteiger partial charge on any atom is -0.444 e. The van der Waals surface area contributed by atoms with Crippen molar-refractivity contribution in [2.24, 2.45) is 5.92 Å². The fourth-order valence-corrected chi connectivity index (χ4v) is 2.53. The Balaban J connectivity index is 1.98. The Labute approximate surface area is 137 Å². The summed E-state index contributed by atoms with van der Waals surface area (Å²) >= 11 is 0. The summed E-state index contributed by atoms with van der Waals surface area (Å²) in [5.41, 5.74) is 3.84. The molecule has 1 N–H and O–H groups in total. The number of carbonyl (C=O) groups is 1. The lowest BCUT2D eigenvalue weighted by Gasteiger charge is -2.08. The van der Waals surface area contributed by atoms with Gasteiger partial charge >= 0.3 is 0 Å². The van der Waals surface area contributed by atoms with Crippen LogP contribution in [0.15, 0.2) is 4.42 Å². The smallest absolute Gasteiger partial charge is 0.224 e. The number of rotatable bonds is 6. The average molecular weight is 318 g/mol. The number of nitrogens with one attached hydrogen (secondary N) is 1. The van der Waals surface area contributed by atoms with Crippen LogP contribution in [0.4, 0.5) is 0 Å². The summed E-state index contributed by atoms with van der Waals surface area (Å²) in [5.74, 6) is 1.80. The van der Waals surface area contributed by atoms with Gasteiger partial charge in [-0.05, 0) is 33.6 Å². The summed E-state index contributed by atoms with van der Waals surface area (Å²) in [6.07, 6.45) is 0.328. The van der Waals surface area contributed by atoms with Crippen LogP contribution in [0, 0.1) is 33.6 Å². The van der Waals surface area contributed by atoms with E-state index in [-0.39, 0.29) is 5.91 Å². The Morgan fingerprint density at radius 2 is 1.91 bits per heavy atom. The molecule has 0 aliphatic heterocycles. The topological polar surface area (TPSA) is 73.0 Å². The van der Waals surface area contributed by atoms with Crippen molar-refractivity contribution in [3.05, 3.63) is 34.3 Å². The number of hydrogen-bond acceptors (Lipinski definition) is 4. The fourth-order valence-electron chi connectivity index (χ4n) is 2.53. The minimum atomic E-state index is -0.0474. The third-order valence-corrected chi connectivity index (χ3v) is 3.92. The molecule has 0 atom stereocenters. The van der Waals surface area contributed by atoms with Crippen LogP contribution in [0.3, 0.4) is 0 Å². The molecule has 0 bridgehead atoms. The fraction of sp³-hybridized carbons (Fsp3) is 0.588. The van der Waals surface area contributed by atoms with Crippen LogP contribution >= 0.6 is 0 Å². The van der Waals surface area contributed by atoms with Crippen molar-refractivity contribution in [3.8, 4) is 0 Å². The highest BCUT2D eigenvalue weighted by Crippen LogP contribution is 2.15. The molecule has 2 rings (SSSR count). The molecule has 1 amide bonds. The summed E-state index contributed by atoms with van der Waals surface area (Å²) < 4.78 is 7.46. The monoisotopic (exact) mass is 318 g/mol. The second-order valence-electron chi connectivity index (χ2n) is 6.43. The highest BCUT2D eigenvalue weighted by atomic mass is 16.4. The predicted molar refractivity (Wildman–Crippen MR) is 88.1 cm³/mol. The van der Waals surface area contributed by atoms with Gasteiger partial charge in [0.1, 0.15) is 5.76 Å². The maximum Gasteiger partial charge on any atom is 0.224 e. The molecule has 2 heterocycles. The number of oxazole rings is 1. The maximum atomic E-state index is 12.2. The predicted octanol–water partition coefficient (Wildman–Crippen LogP) is 2.62. The molecule has 0 fully saturated rings. The summed E-state index contributed by atoms with van der Waals surface area (Å²) in [5, 5.41) is 7.40. The van der Waals surface area contributed by atoms with Gasteiger partial charge in [0.15, 0.2) is 0 Å². The van der Waals surface area contributed by atoms with Gasteiger partial charge in [-0.3, -0.25) is 9.48 Å². The lowest BCUT2D eigenvalue weighted by molar-refractivity contribution is -0.120. The molecule has 6 heteroatoms. The van der Waals surface area contributed by atoms with Crippen LogP contribution in [0.2, 0.25) is 0 Å². The molecular weight excluding hydrogens is 292 g/mol. The molecule has 0 aliphatic carbocycles. The first kappa shape index (κ1) is 17.2. The molecule has 6 nitrogen and oxygen atoms in total. The zero-order valence-corrected chi connectivity index (χ0v) is 14.9. The number of aromatic nitrogens is 3. The first-order valence-electron chi connectivity index (χ1n) is 8.00. The molecule has 126 valence electrons. The number of carbonyl (C=O) groups excluding carboxylic acids is 1. The van der Waals surface area contributed by atoms with E-state index in [2.05, 4.69) is 29.2 Å². The van der Waals surface area contributed by atoms with Crippen molar-refractivity contribution >= 4 is 5.91 Å². The van der Waals surface area contributed by atoms with Crippen molar-refractivity contribution in [1.82, 2.24) is 20.1 Å². The third kappa shape index (κ3) is 4.21. The number of hydrogen-bond donors (Lipinski definition) is 1. The molecule has 0 saturated carbocycles. The van der Waals surface area contributed by atoms with Gasteiger partial charge in [-0.2, -0.15) is 5.10 Å². The third-order valence-electron chi connectivity index (χ3n) is 3.92. The second-order valence-corrected chi connectivity index (χ2v) is 6.43. The first-order chi connectivity index (χ1) is 10.8. The van der Waals surface area contributed by atoms with E-state index in [1.165, 1.54) is 0 Å². The summed E-state index contributed by atoms with van der Waals surface area (Å²) in [6, 6.07) is 0. The normalized spacial score (nSPS) is 11.3. The molecule has 0 spiro atoms. The van der Waals surface area contributed by atoms with Gasteiger partial charge in [-0.1, -0.05) is 13.8 Å². The van der Waals surface area contributed by atoms with Crippen LogP contribution in [0.5, 0.6) is 0 Å². The van der Waals surface area contributed by atoms with E-state index < -0.39 is 0 Å². The lowest BCUT2D eigenvalue weighted by atomic mass is 10.1. The second kappa shape index (κ2) is 6.98. The van der Waals surface area contributed by atoms with Crippen molar-refractivity contribution in [2.75, 3.05) is 0 Å². The van der Waals surface area contributed by atoms with Gasteiger partial charge < -0.3 is 9.73 Å². The summed E-state index contributed by atoms with van der Waals surface area (Å²) in [7, 11) is 0. The van der Waals surface area contributed by atoms with E-state index in [9.17, 15) is 4.79 Å². The molecule has 0 aromatic carbocycles. The highest BCUT2D eigenvalue weighted by molar-refractivity contribution is 5.79. The van der Waals surface area contributed by atoms with Crippen LogP contribution in [0.1, 0.15) is 48.1 Å². The minimum absolute atomic E-state index is 0.0474. The summed E-state index contributed by atoms with van der Waals surface area (Å²) in [6.45, 7) is 13.2. The lowest BCUT2D eigenvalue weighted by Crippen LogP contribution is -2.25. The molecular formula is C17H26N4O2. The van der Waals surface area contributed by atoms with Gasteiger partial charge in [0.05, 0.1) is 24.4 Å². The van der Waals surface area contributed by atoms with Gasteiger partial charge in [0.25, 0.3) is 0 Å². The standard InChI is InChI=1S/C17H26N4O2/c1-10(2)9-21-13(5)15(12(4)20-21)7-16(22)18-8-17-19-11(3)14(6)23-17/h10H,7-9H2,1-6H3,(H,18,22). The molecule has 0 unspecified atom stereocenters. The van der Waals surface area contributed by atoms with Crippen molar-refractivity contribution in [2.45, 2.75) is 61.1 Å². The quantitative estimate of drug-likeness (QED) is 0.888. The van der Waals surface area contributed by atoms with E-state index in [0.717, 1.165) is 35.0 Å². The zero-order valence-electron chi connectivity index (χ0n) is 14.9. The maximum absolute atomic E-state index is 12.2. The number of aryl methyl sites for hydroxylation is 3. The van der Waals surface area contributed by atoms with Crippen molar-refractivity contribution in [3.63, 3.8) is 0 Å². The van der Waals surface area contributed by atoms with Gasteiger partial charge in [0.2, 0.25) is 11.8 Å². The van der Waals surface area contributed by atoms with Crippen LogP contribution < -0.4 is 5.32 Å². The average Bonchev–Trinajstić information content (AvgIpc) is 2.91. The molecule has 0 aliphatic rings. The van der Waals surface area contributed by atoms with E-state index in [1.807, 2.05) is 32.4 Å². The zero-order chi connectivity index (χ0) is 17.1. The molecule has 2 aromatic rings. The van der Waals surface area contributed by atoms with Crippen LogP contribution in [-0.2, 0) is 24.3 Å². The van der Waals surface area contributed by atoms with Crippen molar-refractivity contribution in [1.29, 1.82) is 0 Å². The Bertz CT molecular complexity index is 678. The number of amides is 1. The van der Waals surface area contributed by atoms with E-state index in [0.29, 0.717) is 24.8 Å². The molecule has 2 aromatic heterocycles. The van der Waals surface area contributed by atoms with Gasteiger partial charge in [0, 0.05) is 17.8 Å². The molecule has 23 heavy (non-hydrogen) atoms. The molecule has 0 radical (unpaired) electrons. The van der Waals surface area contributed by atoms with E-state index in [4.69, 9.17) is 4.42 Å². The van der Waals surface area contributed by atoms with Crippen LogP contribution in [0.25, 0.3) is 0 Å². The Hall–Kier alpha value is -2.11. The Morgan fingerprint density at radius 3 is 2.48 bits per heavy atom. The van der Waals surface area contributed by atoms with Crippen molar-refractivity contribution < 1.29 is 9.21 Å². The largest absolute Gasteiger partial charge is 0.444 e. The number of nitrogens with zero attached hydrogens (tertiary/aromatic N) is 3. The summed E-state index contributed by atoms with van der Waals surface area (Å²) in [4.78, 5) is 16.5. The van der Waals surface area contributed by atoms with Crippen LogP contribution in [-0.4, -0.2) is 20.7 Å².